The van der Waals surface area contributed by atoms with Crippen LogP contribution in [-0.4, -0.2) is 29.3 Å². The van der Waals surface area contributed by atoms with Gasteiger partial charge in [0.1, 0.15) is 11.5 Å². The standard InChI is InChI=1S/C18H15FN6O/c1-10-18(26)24(3)15-8-12(4-6-14(15)21-10)17-22-11(2)23-25(17)13-5-7-16(19)20-9-13/h4-9H,1-3H3. The highest BCUT2D eigenvalue weighted by molar-refractivity contribution is 5.80. The average molecular weight is 350 g/mol. The summed E-state index contributed by atoms with van der Waals surface area (Å²) in [4.78, 5) is 24.7. The summed E-state index contributed by atoms with van der Waals surface area (Å²) in [5.41, 5.74) is 3.09. The quantitative estimate of drug-likeness (QED) is 0.519. The van der Waals surface area contributed by atoms with Gasteiger partial charge in [0.15, 0.2) is 5.82 Å². The van der Waals surface area contributed by atoms with E-state index in [1.165, 1.54) is 12.3 Å². The predicted octanol–water partition coefficient (Wildman–Crippen LogP) is 2.33. The van der Waals surface area contributed by atoms with Crippen LogP contribution in [0, 0.1) is 19.8 Å². The molecule has 0 saturated carbocycles. The van der Waals surface area contributed by atoms with Crippen molar-refractivity contribution in [2.45, 2.75) is 13.8 Å². The smallest absolute Gasteiger partial charge is 0.272 e. The van der Waals surface area contributed by atoms with Gasteiger partial charge in [0.25, 0.3) is 5.56 Å². The monoisotopic (exact) mass is 350 g/mol. The molecule has 0 aliphatic heterocycles. The van der Waals surface area contributed by atoms with Crippen molar-refractivity contribution in [2.24, 2.45) is 7.05 Å². The van der Waals surface area contributed by atoms with Gasteiger partial charge in [-0.1, -0.05) is 0 Å². The third-order valence-electron chi connectivity index (χ3n) is 4.17. The summed E-state index contributed by atoms with van der Waals surface area (Å²) in [7, 11) is 1.71. The van der Waals surface area contributed by atoms with Crippen molar-refractivity contribution in [3.05, 3.63) is 64.3 Å². The molecule has 0 aliphatic carbocycles. The highest BCUT2D eigenvalue weighted by Crippen LogP contribution is 2.24. The predicted molar refractivity (Wildman–Crippen MR) is 94.6 cm³/mol. The molecule has 8 heteroatoms. The minimum Gasteiger partial charge on any atom is -0.308 e. The van der Waals surface area contributed by atoms with Crippen molar-refractivity contribution < 1.29 is 4.39 Å². The number of aryl methyl sites for hydroxylation is 3. The maximum absolute atomic E-state index is 13.1. The number of hydrogen-bond acceptors (Lipinski definition) is 5. The van der Waals surface area contributed by atoms with Crippen LogP contribution in [0.4, 0.5) is 4.39 Å². The number of pyridine rings is 1. The van der Waals surface area contributed by atoms with Gasteiger partial charge in [-0.3, -0.25) is 4.79 Å². The molecule has 4 rings (SSSR count). The number of nitrogens with zero attached hydrogens (tertiary/aromatic N) is 6. The summed E-state index contributed by atoms with van der Waals surface area (Å²) in [5, 5.41) is 4.38. The zero-order valence-corrected chi connectivity index (χ0v) is 14.4. The van der Waals surface area contributed by atoms with Gasteiger partial charge in [0, 0.05) is 12.6 Å². The summed E-state index contributed by atoms with van der Waals surface area (Å²) in [5.74, 6) is 0.584. The van der Waals surface area contributed by atoms with Crippen molar-refractivity contribution in [3.63, 3.8) is 0 Å². The van der Waals surface area contributed by atoms with Gasteiger partial charge in [-0.25, -0.2) is 19.6 Å². The SMILES string of the molecule is Cc1nc(-c2ccc3nc(C)c(=O)n(C)c3c2)n(-c2ccc(F)nc2)n1. The Morgan fingerprint density at radius 1 is 1.08 bits per heavy atom. The van der Waals surface area contributed by atoms with Crippen LogP contribution in [0.25, 0.3) is 28.1 Å². The molecule has 0 unspecified atom stereocenters. The summed E-state index contributed by atoms with van der Waals surface area (Å²) >= 11 is 0. The van der Waals surface area contributed by atoms with E-state index in [1.54, 1.807) is 36.2 Å². The Morgan fingerprint density at radius 3 is 2.62 bits per heavy atom. The highest BCUT2D eigenvalue weighted by atomic mass is 19.1. The molecule has 1 aromatic carbocycles. The molecule has 0 N–H and O–H groups in total. The lowest BCUT2D eigenvalue weighted by Gasteiger charge is -2.09. The minimum atomic E-state index is -0.561. The van der Waals surface area contributed by atoms with Crippen molar-refractivity contribution >= 4 is 11.0 Å². The number of hydrogen-bond donors (Lipinski definition) is 0. The molecule has 0 aliphatic rings. The van der Waals surface area contributed by atoms with Gasteiger partial charge in [-0.2, -0.15) is 9.49 Å². The highest BCUT2D eigenvalue weighted by Gasteiger charge is 2.14. The molecule has 4 aromatic rings. The summed E-state index contributed by atoms with van der Waals surface area (Å²) in [6.45, 7) is 3.47. The lowest BCUT2D eigenvalue weighted by Crippen LogP contribution is -2.21. The molecule has 0 atom stereocenters. The molecule has 0 saturated heterocycles. The zero-order chi connectivity index (χ0) is 18.4. The number of benzene rings is 1. The molecule has 3 heterocycles. The van der Waals surface area contributed by atoms with Crippen LogP contribution >= 0.6 is 0 Å². The van der Waals surface area contributed by atoms with Crippen LogP contribution in [0.2, 0.25) is 0 Å². The van der Waals surface area contributed by atoms with Crippen LogP contribution in [0.15, 0.2) is 41.3 Å². The third-order valence-corrected chi connectivity index (χ3v) is 4.17. The van der Waals surface area contributed by atoms with Crippen molar-refractivity contribution in [1.29, 1.82) is 0 Å². The molecule has 0 spiro atoms. The van der Waals surface area contributed by atoms with Crippen LogP contribution in [0.5, 0.6) is 0 Å². The molecular formula is C18H15FN6O. The molecular weight excluding hydrogens is 335 g/mol. The molecule has 0 amide bonds. The van der Waals surface area contributed by atoms with Gasteiger partial charge in [0.05, 0.1) is 22.9 Å². The number of fused-ring (bicyclic) bond motifs is 1. The number of halogens is 1. The van der Waals surface area contributed by atoms with E-state index in [2.05, 4.69) is 20.1 Å². The first-order chi connectivity index (χ1) is 12.4. The van der Waals surface area contributed by atoms with Gasteiger partial charge >= 0.3 is 0 Å². The zero-order valence-electron chi connectivity index (χ0n) is 14.4. The Balaban J connectivity index is 1.94. The molecule has 0 bridgehead atoms. The van der Waals surface area contributed by atoms with Gasteiger partial charge in [-0.15, -0.1) is 0 Å². The van der Waals surface area contributed by atoms with Crippen molar-refractivity contribution in [3.8, 4) is 17.1 Å². The third kappa shape index (κ3) is 2.55. The molecule has 0 fully saturated rings. The van der Waals surface area contributed by atoms with E-state index in [-0.39, 0.29) is 5.56 Å². The summed E-state index contributed by atoms with van der Waals surface area (Å²) < 4.78 is 16.3. The largest absolute Gasteiger partial charge is 0.308 e. The number of rotatable bonds is 2. The fourth-order valence-corrected chi connectivity index (χ4v) is 2.88. The average Bonchev–Trinajstić information content (AvgIpc) is 3.02. The number of aromatic nitrogens is 6. The topological polar surface area (TPSA) is 78.5 Å². The second-order valence-electron chi connectivity index (χ2n) is 6.00. The molecule has 130 valence electrons. The Bertz CT molecular complexity index is 1190. The van der Waals surface area contributed by atoms with Crippen LogP contribution in [0.1, 0.15) is 11.5 Å². The molecule has 7 nitrogen and oxygen atoms in total. The van der Waals surface area contributed by atoms with Crippen LogP contribution < -0.4 is 5.56 Å². The minimum absolute atomic E-state index is 0.143. The molecule has 0 radical (unpaired) electrons. The molecule has 26 heavy (non-hydrogen) atoms. The first kappa shape index (κ1) is 16.1. The summed E-state index contributed by atoms with van der Waals surface area (Å²) in [6, 6.07) is 8.42. The summed E-state index contributed by atoms with van der Waals surface area (Å²) in [6.07, 6.45) is 1.40. The van der Waals surface area contributed by atoms with Crippen molar-refractivity contribution in [2.75, 3.05) is 0 Å². The maximum atomic E-state index is 13.1. The van der Waals surface area contributed by atoms with Gasteiger partial charge in [-0.05, 0) is 44.2 Å². The Hall–Kier alpha value is -3.42. The van der Waals surface area contributed by atoms with E-state index >= 15 is 0 Å². The van der Waals surface area contributed by atoms with E-state index in [0.29, 0.717) is 28.5 Å². The normalized spacial score (nSPS) is 11.2. The first-order valence-corrected chi connectivity index (χ1v) is 7.97. The Morgan fingerprint density at radius 2 is 1.88 bits per heavy atom. The van der Waals surface area contributed by atoms with E-state index in [4.69, 9.17) is 0 Å². The lowest BCUT2D eigenvalue weighted by atomic mass is 10.1. The Kier molecular flexibility index (Phi) is 3.61. The van der Waals surface area contributed by atoms with Crippen molar-refractivity contribution in [1.82, 2.24) is 29.3 Å². The second-order valence-corrected chi connectivity index (χ2v) is 6.00. The Labute approximate surface area is 147 Å². The molecule has 3 aromatic heterocycles. The fraction of sp³-hybridized carbons (Fsp3) is 0.167. The van der Waals surface area contributed by atoms with Gasteiger partial charge in [0.2, 0.25) is 5.95 Å². The van der Waals surface area contributed by atoms with Gasteiger partial charge < -0.3 is 4.57 Å². The lowest BCUT2D eigenvalue weighted by molar-refractivity contribution is 0.582. The van der Waals surface area contributed by atoms with Crippen LogP contribution in [0.3, 0.4) is 0 Å². The fourth-order valence-electron chi connectivity index (χ4n) is 2.88. The van der Waals surface area contributed by atoms with E-state index in [0.717, 1.165) is 11.1 Å². The van der Waals surface area contributed by atoms with Crippen LogP contribution in [-0.2, 0) is 7.05 Å². The van der Waals surface area contributed by atoms with E-state index in [1.807, 2.05) is 18.2 Å². The van der Waals surface area contributed by atoms with E-state index < -0.39 is 5.95 Å². The first-order valence-electron chi connectivity index (χ1n) is 7.97. The van der Waals surface area contributed by atoms with E-state index in [9.17, 15) is 9.18 Å². The second kappa shape index (κ2) is 5.83. The maximum Gasteiger partial charge on any atom is 0.272 e.